The third-order valence-electron chi connectivity index (χ3n) is 4.44. The van der Waals surface area contributed by atoms with Crippen LogP contribution in [0.3, 0.4) is 0 Å². The Balaban J connectivity index is 1.95. The van der Waals surface area contributed by atoms with Crippen molar-refractivity contribution in [1.82, 2.24) is 9.13 Å². The Morgan fingerprint density at radius 1 is 0.741 bits per heavy atom. The van der Waals surface area contributed by atoms with E-state index in [1.54, 1.807) is 18.4 Å². The lowest BCUT2D eigenvalue weighted by Gasteiger charge is -2.24. The zero-order chi connectivity index (χ0) is 19.4. The first-order valence-corrected chi connectivity index (χ1v) is 8.95. The summed E-state index contributed by atoms with van der Waals surface area (Å²) in [4.78, 5) is 25.6. The van der Waals surface area contributed by atoms with Crippen LogP contribution in [0.5, 0.6) is 0 Å². The number of para-hydroxylation sites is 2. The Hall–Kier alpha value is -3.28. The van der Waals surface area contributed by atoms with E-state index in [1.165, 1.54) is 10.6 Å². The first kappa shape index (κ1) is 18.5. The van der Waals surface area contributed by atoms with Gasteiger partial charge in [0.1, 0.15) is 12.3 Å². The smallest absolute Gasteiger partial charge is 0.334 e. The molecule has 3 aromatic rings. The van der Waals surface area contributed by atoms with E-state index >= 15 is 0 Å². The second-order valence-electron chi connectivity index (χ2n) is 6.52. The minimum atomic E-state index is -0.483. The summed E-state index contributed by atoms with van der Waals surface area (Å²) in [5, 5.41) is 6.51. The number of aryl methyl sites for hydroxylation is 1. The van der Waals surface area contributed by atoms with Gasteiger partial charge in [0, 0.05) is 23.1 Å². The topological polar surface area (TPSA) is 68.1 Å². The van der Waals surface area contributed by atoms with Gasteiger partial charge in [0.25, 0.3) is 5.56 Å². The summed E-state index contributed by atoms with van der Waals surface area (Å²) in [6.07, 6.45) is -0.793. The van der Waals surface area contributed by atoms with E-state index in [0.29, 0.717) is 5.69 Å². The SMILES string of the molecule is Cc1cc(=O)n(C(C)Nc2ccccc2)c(=O)n1C(C)Nc1ccccc1. The summed E-state index contributed by atoms with van der Waals surface area (Å²) in [5.74, 6) is 0. The minimum absolute atomic E-state index is 0.310. The zero-order valence-corrected chi connectivity index (χ0v) is 15.7. The summed E-state index contributed by atoms with van der Waals surface area (Å²) in [6.45, 7) is 5.46. The molecule has 2 aromatic carbocycles. The first-order chi connectivity index (χ1) is 13.0. The van der Waals surface area contributed by atoms with E-state index < -0.39 is 6.17 Å². The molecule has 1 heterocycles. The predicted molar refractivity (Wildman–Crippen MR) is 109 cm³/mol. The normalized spacial score (nSPS) is 13.0. The Morgan fingerprint density at radius 3 is 1.67 bits per heavy atom. The third-order valence-corrected chi connectivity index (χ3v) is 4.44. The fourth-order valence-electron chi connectivity index (χ4n) is 3.19. The molecule has 0 aliphatic rings. The standard InChI is InChI=1S/C21H24N4O2/c1-15-14-20(26)25(17(3)23-19-12-8-5-9-13-19)21(27)24(15)16(2)22-18-10-6-4-7-11-18/h4-14,16-17,22-23H,1-3H3. The average molecular weight is 364 g/mol. The molecule has 0 saturated carbocycles. The molecule has 1 aromatic heterocycles. The van der Waals surface area contributed by atoms with Gasteiger partial charge >= 0.3 is 5.69 Å². The number of benzene rings is 2. The highest BCUT2D eigenvalue weighted by Crippen LogP contribution is 2.14. The van der Waals surface area contributed by atoms with Crippen molar-refractivity contribution < 1.29 is 0 Å². The molecule has 0 bridgehead atoms. The van der Waals surface area contributed by atoms with Crippen molar-refractivity contribution in [2.75, 3.05) is 10.6 Å². The fourth-order valence-corrected chi connectivity index (χ4v) is 3.19. The molecule has 0 aliphatic carbocycles. The maximum atomic E-state index is 13.1. The number of hydrogen-bond donors (Lipinski definition) is 2. The van der Waals surface area contributed by atoms with Crippen LogP contribution >= 0.6 is 0 Å². The average Bonchev–Trinajstić information content (AvgIpc) is 2.63. The lowest BCUT2D eigenvalue weighted by atomic mass is 10.3. The highest BCUT2D eigenvalue weighted by molar-refractivity contribution is 5.43. The van der Waals surface area contributed by atoms with Crippen LogP contribution in [0.4, 0.5) is 11.4 Å². The molecule has 2 unspecified atom stereocenters. The molecule has 0 saturated heterocycles. The van der Waals surface area contributed by atoms with Gasteiger partial charge in [-0.1, -0.05) is 36.4 Å². The van der Waals surface area contributed by atoms with Crippen LogP contribution < -0.4 is 21.9 Å². The Kier molecular flexibility index (Phi) is 5.45. The molecule has 2 atom stereocenters. The van der Waals surface area contributed by atoms with E-state index in [9.17, 15) is 9.59 Å². The molecule has 0 aliphatic heterocycles. The van der Waals surface area contributed by atoms with E-state index in [2.05, 4.69) is 10.6 Å². The van der Waals surface area contributed by atoms with Crippen molar-refractivity contribution in [2.24, 2.45) is 0 Å². The molecule has 6 nitrogen and oxygen atoms in total. The lowest BCUT2D eigenvalue weighted by molar-refractivity contribution is 0.476. The lowest BCUT2D eigenvalue weighted by Crippen LogP contribution is -2.45. The highest BCUT2D eigenvalue weighted by atomic mass is 16.2. The van der Waals surface area contributed by atoms with Crippen LogP contribution in [0.25, 0.3) is 0 Å². The molecule has 0 spiro atoms. The largest absolute Gasteiger partial charge is 0.365 e. The van der Waals surface area contributed by atoms with Crippen LogP contribution in [0.2, 0.25) is 0 Å². The summed E-state index contributed by atoms with van der Waals surface area (Å²) in [7, 11) is 0. The van der Waals surface area contributed by atoms with Gasteiger partial charge in [-0.2, -0.15) is 0 Å². The van der Waals surface area contributed by atoms with E-state index in [1.807, 2.05) is 67.6 Å². The van der Waals surface area contributed by atoms with E-state index in [-0.39, 0.29) is 17.4 Å². The maximum absolute atomic E-state index is 13.1. The zero-order valence-electron chi connectivity index (χ0n) is 15.7. The van der Waals surface area contributed by atoms with Crippen molar-refractivity contribution >= 4 is 11.4 Å². The van der Waals surface area contributed by atoms with Gasteiger partial charge in [-0.25, -0.2) is 9.36 Å². The number of nitrogens with zero attached hydrogens (tertiary/aromatic N) is 2. The second-order valence-corrected chi connectivity index (χ2v) is 6.52. The molecule has 0 radical (unpaired) electrons. The van der Waals surface area contributed by atoms with Gasteiger partial charge < -0.3 is 10.6 Å². The van der Waals surface area contributed by atoms with Crippen molar-refractivity contribution in [3.63, 3.8) is 0 Å². The second kappa shape index (κ2) is 7.95. The van der Waals surface area contributed by atoms with Crippen LogP contribution in [0.15, 0.2) is 76.3 Å². The van der Waals surface area contributed by atoms with Gasteiger partial charge in [0.2, 0.25) is 0 Å². The number of nitrogens with one attached hydrogen (secondary N) is 2. The minimum Gasteiger partial charge on any atom is -0.365 e. The Labute approximate surface area is 158 Å². The van der Waals surface area contributed by atoms with Crippen LogP contribution in [0, 0.1) is 6.92 Å². The number of rotatable bonds is 6. The van der Waals surface area contributed by atoms with E-state index in [4.69, 9.17) is 0 Å². The summed E-state index contributed by atoms with van der Waals surface area (Å²) < 4.78 is 2.83. The molecule has 2 N–H and O–H groups in total. The van der Waals surface area contributed by atoms with Crippen molar-refractivity contribution in [2.45, 2.75) is 33.1 Å². The van der Waals surface area contributed by atoms with E-state index in [0.717, 1.165) is 11.4 Å². The predicted octanol–water partition coefficient (Wildman–Crippen LogP) is 3.58. The molecular weight excluding hydrogens is 340 g/mol. The summed E-state index contributed by atoms with van der Waals surface area (Å²) >= 11 is 0. The van der Waals surface area contributed by atoms with Gasteiger partial charge in [-0.15, -0.1) is 0 Å². The third kappa shape index (κ3) is 4.11. The van der Waals surface area contributed by atoms with Crippen molar-refractivity contribution in [3.05, 3.63) is 93.3 Å². The maximum Gasteiger partial charge on any atom is 0.334 e. The molecule has 27 heavy (non-hydrogen) atoms. The first-order valence-electron chi connectivity index (χ1n) is 8.95. The van der Waals surface area contributed by atoms with Gasteiger partial charge in [-0.3, -0.25) is 9.36 Å². The van der Waals surface area contributed by atoms with Crippen molar-refractivity contribution in [1.29, 1.82) is 0 Å². The molecule has 0 amide bonds. The van der Waals surface area contributed by atoms with Gasteiger partial charge in [0.15, 0.2) is 0 Å². The fraction of sp³-hybridized carbons (Fsp3) is 0.238. The quantitative estimate of drug-likeness (QED) is 0.701. The summed E-state index contributed by atoms with van der Waals surface area (Å²) in [6, 6.07) is 20.7. The van der Waals surface area contributed by atoms with Gasteiger partial charge in [-0.05, 0) is 45.0 Å². The molecule has 3 rings (SSSR count). The summed E-state index contributed by atoms with van der Waals surface area (Å²) in [5.41, 5.74) is 1.69. The number of aromatic nitrogens is 2. The van der Waals surface area contributed by atoms with Crippen LogP contribution in [-0.4, -0.2) is 9.13 Å². The van der Waals surface area contributed by atoms with Crippen LogP contribution in [-0.2, 0) is 0 Å². The molecular formula is C21H24N4O2. The molecule has 0 fully saturated rings. The van der Waals surface area contributed by atoms with Crippen molar-refractivity contribution in [3.8, 4) is 0 Å². The van der Waals surface area contributed by atoms with Gasteiger partial charge in [0.05, 0.1) is 0 Å². The molecule has 140 valence electrons. The van der Waals surface area contributed by atoms with Crippen LogP contribution in [0.1, 0.15) is 31.9 Å². The molecule has 6 heteroatoms. The Bertz CT molecular complexity index is 1010. The monoisotopic (exact) mass is 364 g/mol. The number of hydrogen-bond acceptors (Lipinski definition) is 4. The number of anilines is 2. The highest BCUT2D eigenvalue weighted by Gasteiger charge is 2.17. The Morgan fingerprint density at radius 2 is 1.19 bits per heavy atom.